The van der Waals surface area contributed by atoms with E-state index in [1.54, 1.807) is 0 Å². The zero-order valence-electron chi connectivity index (χ0n) is 11.1. The fraction of sp³-hybridized carbons (Fsp3) is 0.308. The van der Waals surface area contributed by atoms with Crippen LogP contribution in [0.25, 0.3) is 11.5 Å². The molecule has 0 aliphatic carbocycles. The fourth-order valence-electron chi connectivity index (χ4n) is 1.57. The number of alkyl halides is 3. The second-order valence-electron chi connectivity index (χ2n) is 4.29. The first-order valence-corrected chi connectivity index (χ1v) is 7.20. The van der Waals surface area contributed by atoms with E-state index in [4.69, 9.17) is 9.52 Å². The summed E-state index contributed by atoms with van der Waals surface area (Å²) in [6.07, 6.45) is -3.89. The van der Waals surface area contributed by atoms with E-state index in [0.29, 0.717) is 17.7 Å². The molecule has 0 aliphatic heterocycles. The molecule has 0 amide bonds. The molecule has 0 saturated heterocycles. The summed E-state index contributed by atoms with van der Waals surface area (Å²) in [5.74, 6) is -0.257. The van der Waals surface area contributed by atoms with Crippen LogP contribution in [0.15, 0.2) is 33.9 Å². The average molecular weight is 332 g/mol. The van der Waals surface area contributed by atoms with Gasteiger partial charge in [-0.2, -0.15) is 13.2 Å². The van der Waals surface area contributed by atoms with Gasteiger partial charge in [-0.25, -0.2) is 0 Å². The number of hydrogen-bond donors (Lipinski definition) is 1. The first-order valence-electron chi connectivity index (χ1n) is 6.22. The van der Waals surface area contributed by atoms with Crippen LogP contribution in [0, 0.1) is 0 Å². The van der Waals surface area contributed by atoms with Crippen LogP contribution in [-0.2, 0) is 11.0 Å². The quantitative estimate of drug-likeness (QED) is 0.642. The van der Waals surface area contributed by atoms with E-state index in [2.05, 4.69) is 10.2 Å². The van der Waals surface area contributed by atoms with Crippen LogP contribution in [0.5, 0.6) is 0 Å². The van der Waals surface area contributed by atoms with Gasteiger partial charge in [0.15, 0.2) is 0 Å². The van der Waals surface area contributed by atoms with E-state index in [1.807, 2.05) is 0 Å². The molecule has 9 heteroatoms. The SMILES string of the molecule is O=C(O)CCCSc1nnc(-c2ccc(C(F)(F)F)cc2)o1. The number of aliphatic carboxylic acids is 1. The predicted molar refractivity (Wildman–Crippen MR) is 72.3 cm³/mol. The monoisotopic (exact) mass is 332 g/mol. The van der Waals surface area contributed by atoms with Crippen molar-refractivity contribution in [3.63, 3.8) is 0 Å². The van der Waals surface area contributed by atoms with Crippen molar-refractivity contribution in [3.05, 3.63) is 29.8 Å². The summed E-state index contributed by atoms with van der Waals surface area (Å²) in [6, 6.07) is 4.41. The summed E-state index contributed by atoms with van der Waals surface area (Å²) in [5, 5.41) is 16.3. The third kappa shape index (κ3) is 4.48. The molecular formula is C13H11F3N2O3S. The Morgan fingerprint density at radius 3 is 2.50 bits per heavy atom. The maximum absolute atomic E-state index is 12.5. The van der Waals surface area contributed by atoms with E-state index >= 15 is 0 Å². The number of rotatable bonds is 6. The van der Waals surface area contributed by atoms with Gasteiger partial charge >= 0.3 is 12.1 Å². The molecule has 0 bridgehead atoms. The number of halogens is 3. The van der Waals surface area contributed by atoms with Crippen molar-refractivity contribution in [3.8, 4) is 11.5 Å². The first-order chi connectivity index (χ1) is 10.4. The van der Waals surface area contributed by atoms with Crippen LogP contribution in [0.1, 0.15) is 18.4 Å². The van der Waals surface area contributed by atoms with E-state index in [9.17, 15) is 18.0 Å². The number of nitrogens with zero attached hydrogens (tertiary/aromatic N) is 2. The Balaban J connectivity index is 1.97. The van der Waals surface area contributed by atoms with Gasteiger partial charge in [0.25, 0.3) is 5.22 Å². The minimum Gasteiger partial charge on any atom is -0.481 e. The number of carbonyl (C=O) groups is 1. The van der Waals surface area contributed by atoms with Crippen molar-refractivity contribution in [1.29, 1.82) is 0 Å². The lowest BCUT2D eigenvalue weighted by Crippen LogP contribution is -2.03. The van der Waals surface area contributed by atoms with Crippen molar-refractivity contribution in [1.82, 2.24) is 10.2 Å². The molecule has 1 N–H and O–H groups in total. The van der Waals surface area contributed by atoms with E-state index in [-0.39, 0.29) is 17.5 Å². The summed E-state index contributed by atoms with van der Waals surface area (Å²) in [5.41, 5.74) is -0.364. The van der Waals surface area contributed by atoms with Crippen molar-refractivity contribution < 1.29 is 27.5 Å². The number of carboxylic acids is 1. The second kappa shape index (κ2) is 6.82. The fourth-order valence-corrected chi connectivity index (χ4v) is 2.27. The van der Waals surface area contributed by atoms with Gasteiger partial charge in [0.05, 0.1) is 5.56 Å². The highest BCUT2D eigenvalue weighted by molar-refractivity contribution is 7.99. The van der Waals surface area contributed by atoms with Gasteiger partial charge in [0.2, 0.25) is 5.89 Å². The Labute approximate surface area is 127 Å². The number of carboxylic acid groups (broad SMARTS) is 1. The second-order valence-corrected chi connectivity index (χ2v) is 5.34. The van der Waals surface area contributed by atoms with Crippen molar-refractivity contribution in [2.75, 3.05) is 5.75 Å². The van der Waals surface area contributed by atoms with Gasteiger partial charge in [-0.3, -0.25) is 4.79 Å². The highest BCUT2D eigenvalue weighted by atomic mass is 32.2. The van der Waals surface area contributed by atoms with Crippen molar-refractivity contribution in [2.45, 2.75) is 24.2 Å². The Morgan fingerprint density at radius 2 is 1.91 bits per heavy atom. The Morgan fingerprint density at radius 1 is 1.23 bits per heavy atom. The molecule has 1 heterocycles. The molecule has 0 saturated carbocycles. The summed E-state index contributed by atoms with van der Waals surface area (Å²) in [7, 11) is 0. The lowest BCUT2D eigenvalue weighted by molar-refractivity contribution is -0.138. The lowest BCUT2D eigenvalue weighted by atomic mass is 10.1. The van der Waals surface area contributed by atoms with Gasteiger partial charge in [0.1, 0.15) is 0 Å². The minimum absolute atomic E-state index is 0.0485. The van der Waals surface area contributed by atoms with Crippen LogP contribution in [-0.4, -0.2) is 27.0 Å². The van der Waals surface area contributed by atoms with Crippen LogP contribution in [0.3, 0.4) is 0 Å². The van der Waals surface area contributed by atoms with E-state index in [0.717, 1.165) is 12.1 Å². The molecule has 0 atom stereocenters. The number of aromatic nitrogens is 2. The number of benzene rings is 1. The van der Waals surface area contributed by atoms with Gasteiger partial charge < -0.3 is 9.52 Å². The molecule has 5 nitrogen and oxygen atoms in total. The van der Waals surface area contributed by atoms with Crippen LogP contribution in [0.4, 0.5) is 13.2 Å². The summed E-state index contributed by atoms with van der Waals surface area (Å²) < 4.78 is 42.7. The molecule has 0 radical (unpaired) electrons. The standard InChI is InChI=1S/C13H11F3N2O3S/c14-13(15,16)9-5-3-8(4-6-9)11-17-18-12(21-11)22-7-1-2-10(19)20/h3-6H,1-2,7H2,(H,19,20). The van der Waals surface area contributed by atoms with Gasteiger partial charge in [-0.05, 0) is 30.7 Å². The molecule has 2 rings (SSSR count). The van der Waals surface area contributed by atoms with Crippen LogP contribution >= 0.6 is 11.8 Å². The van der Waals surface area contributed by atoms with Crippen LogP contribution in [0.2, 0.25) is 0 Å². The maximum atomic E-state index is 12.5. The zero-order valence-corrected chi connectivity index (χ0v) is 11.9. The van der Waals surface area contributed by atoms with Crippen molar-refractivity contribution >= 4 is 17.7 Å². The number of hydrogen-bond acceptors (Lipinski definition) is 5. The highest BCUT2D eigenvalue weighted by Crippen LogP contribution is 2.31. The third-order valence-electron chi connectivity index (χ3n) is 2.63. The Kier molecular flexibility index (Phi) is 5.07. The van der Waals surface area contributed by atoms with E-state index < -0.39 is 17.7 Å². The largest absolute Gasteiger partial charge is 0.481 e. The summed E-state index contributed by atoms with van der Waals surface area (Å²) >= 11 is 1.20. The topological polar surface area (TPSA) is 76.2 Å². The van der Waals surface area contributed by atoms with Gasteiger partial charge in [-0.1, -0.05) is 11.8 Å². The molecule has 2 aromatic rings. The molecule has 0 unspecified atom stereocenters. The molecule has 1 aromatic heterocycles. The molecule has 118 valence electrons. The average Bonchev–Trinajstić information content (AvgIpc) is 2.91. The molecule has 22 heavy (non-hydrogen) atoms. The lowest BCUT2D eigenvalue weighted by Gasteiger charge is -2.05. The third-order valence-corrected chi connectivity index (χ3v) is 3.53. The normalized spacial score (nSPS) is 11.6. The molecule has 0 aliphatic rings. The molecule has 0 spiro atoms. The van der Waals surface area contributed by atoms with Crippen LogP contribution < -0.4 is 0 Å². The van der Waals surface area contributed by atoms with Gasteiger partial charge in [0, 0.05) is 17.7 Å². The smallest absolute Gasteiger partial charge is 0.416 e. The Hall–Kier alpha value is -2.03. The molecular weight excluding hydrogens is 321 g/mol. The Bertz CT molecular complexity index is 641. The highest BCUT2D eigenvalue weighted by Gasteiger charge is 2.30. The number of thioether (sulfide) groups is 1. The summed E-state index contributed by atoms with van der Waals surface area (Å²) in [6.45, 7) is 0. The molecule has 1 aromatic carbocycles. The predicted octanol–water partition coefficient (Wildman–Crippen LogP) is 3.71. The summed E-state index contributed by atoms with van der Waals surface area (Å²) in [4.78, 5) is 10.4. The van der Waals surface area contributed by atoms with Crippen molar-refractivity contribution in [2.24, 2.45) is 0 Å². The minimum atomic E-state index is -4.39. The van der Waals surface area contributed by atoms with E-state index in [1.165, 1.54) is 23.9 Å². The zero-order chi connectivity index (χ0) is 16.2. The first kappa shape index (κ1) is 16.3. The maximum Gasteiger partial charge on any atom is 0.416 e. The van der Waals surface area contributed by atoms with Gasteiger partial charge in [-0.15, -0.1) is 10.2 Å². The molecule has 0 fully saturated rings.